The predicted molar refractivity (Wildman–Crippen MR) is 87.3 cm³/mol. The molecule has 0 heterocycles. The zero-order valence-corrected chi connectivity index (χ0v) is 13.0. The Labute approximate surface area is 138 Å². The van der Waals surface area contributed by atoms with Gasteiger partial charge in [-0.05, 0) is 30.7 Å². The number of carbonyl (C=O) groups excluding carboxylic acids is 2. The van der Waals surface area contributed by atoms with Crippen LogP contribution in [0.3, 0.4) is 0 Å². The first kappa shape index (κ1) is 17.1. The lowest BCUT2D eigenvalue weighted by Gasteiger charge is -2.09. The van der Waals surface area contributed by atoms with E-state index in [4.69, 9.17) is 0 Å². The van der Waals surface area contributed by atoms with Gasteiger partial charge in [0.05, 0.1) is 0 Å². The van der Waals surface area contributed by atoms with Crippen molar-refractivity contribution in [2.24, 2.45) is 0 Å². The van der Waals surface area contributed by atoms with E-state index in [9.17, 15) is 24.9 Å². The van der Waals surface area contributed by atoms with Crippen LogP contribution in [0.4, 0.5) is 0 Å². The fourth-order valence-corrected chi connectivity index (χ4v) is 2.11. The fourth-order valence-electron chi connectivity index (χ4n) is 2.11. The van der Waals surface area contributed by atoms with E-state index in [0.29, 0.717) is 5.56 Å². The summed E-state index contributed by atoms with van der Waals surface area (Å²) in [5.41, 5.74) is 1.42. The van der Waals surface area contributed by atoms with E-state index in [1.807, 2.05) is 19.1 Å². The fraction of sp³-hybridized carbons (Fsp3) is 0.176. The quantitative estimate of drug-likeness (QED) is 0.418. The summed E-state index contributed by atoms with van der Waals surface area (Å²) < 4.78 is 0. The van der Waals surface area contributed by atoms with Crippen LogP contribution in [0.5, 0.6) is 17.2 Å². The number of hydrogen-bond acceptors (Lipinski definition) is 5. The first-order valence-electron chi connectivity index (χ1n) is 7.27. The highest BCUT2D eigenvalue weighted by molar-refractivity contribution is 5.96. The topological polar surface area (TPSA) is 119 Å². The summed E-state index contributed by atoms with van der Waals surface area (Å²) in [6.45, 7) is 2.22. The molecule has 24 heavy (non-hydrogen) atoms. The lowest BCUT2D eigenvalue weighted by Crippen LogP contribution is -2.34. The van der Waals surface area contributed by atoms with Crippen LogP contribution in [0.1, 0.15) is 26.3 Å². The molecule has 0 atom stereocenters. The first-order valence-corrected chi connectivity index (χ1v) is 7.27. The van der Waals surface area contributed by atoms with E-state index >= 15 is 0 Å². The van der Waals surface area contributed by atoms with Gasteiger partial charge in [-0.3, -0.25) is 9.59 Å². The van der Waals surface area contributed by atoms with Crippen molar-refractivity contribution in [1.29, 1.82) is 0 Å². The lowest BCUT2D eigenvalue weighted by atomic mass is 10.1. The van der Waals surface area contributed by atoms with Crippen LogP contribution in [0.2, 0.25) is 0 Å². The maximum atomic E-state index is 12.0. The summed E-state index contributed by atoms with van der Waals surface area (Å²) in [5, 5.41) is 33.2. The summed E-state index contributed by atoms with van der Waals surface area (Å²) in [6, 6.07) is 9.24. The zero-order chi connectivity index (χ0) is 17.7. The summed E-state index contributed by atoms with van der Waals surface area (Å²) >= 11 is 0. The molecule has 0 spiro atoms. The van der Waals surface area contributed by atoms with Crippen LogP contribution < -0.4 is 10.6 Å². The second-order valence-electron chi connectivity index (χ2n) is 5.19. The number of aryl methyl sites for hydroxylation is 1. The minimum Gasteiger partial charge on any atom is -0.504 e. The molecule has 2 rings (SSSR count). The molecule has 0 aromatic heterocycles. The smallest absolute Gasteiger partial charge is 0.251 e. The third-order valence-corrected chi connectivity index (χ3v) is 3.42. The van der Waals surface area contributed by atoms with Crippen LogP contribution in [-0.2, 0) is 0 Å². The highest BCUT2D eigenvalue weighted by atomic mass is 16.3. The minimum atomic E-state index is -0.683. The second-order valence-corrected chi connectivity index (χ2v) is 5.19. The van der Waals surface area contributed by atoms with Gasteiger partial charge in [0.1, 0.15) is 0 Å². The van der Waals surface area contributed by atoms with Gasteiger partial charge in [0.2, 0.25) is 0 Å². The average molecular weight is 330 g/mol. The van der Waals surface area contributed by atoms with Crippen LogP contribution in [0.25, 0.3) is 0 Å². The molecule has 0 fully saturated rings. The van der Waals surface area contributed by atoms with Gasteiger partial charge in [-0.15, -0.1) is 0 Å². The Morgan fingerprint density at radius 3 is 2.04 bits per heavy atom. The largest absolute Gasteiger partial charge is 0.504 e. The van der Waals surface area contributed by atoms with Crippen LogP contribution in [0.15, 0.2) is 36.4 Å². The number of aromatic hydroxyl groups is 3. The van der Waals surface area contributed by atoms with Gasteiger partial charge in [0, 0.05) is 24.2 Å². The normalized spacial score (nSPS) is 10.2. The monoisotopic (exact) mass is 330 g/mol. The average Bonchev–Trinajstić information content (AvgIpc) is 2.56. The molecular formula is C17H18N2O5. The highest BCUT2D eigenvalue weighted by Gasteiger charge is 2.13. The number of rotatable bonds is 5. The van der Waals surface area contributed by atoms with Gasteiger partial charge in [0.15, 0.2) is 17.2 Å². The third kappa shape index (κ3) is 3.95. The van der Waals surface area contributed by atoms with Crippen molar-refractivity contribution in [3.05, 3.63) is 53.1 Å². The Morgan fingerprint density at radius 2 is 1.46 bits per heavy atom. The van der Waals surface area contributed by atoms with Crippen LogP contribution in [-0.4, -0.2) is 40.2 Å². The van der Waals surface area contributed by atoms with Crippen molar-refractivity contribution in [3.63, 3.8) is 0 Å². The van der Waals surface area contributed by atoms with Gasteiger partial charge in [-0.25, -0.2) is 0 Å². The molecule has 2 aromatic carbocycles. The number of nitrogens with one attached hydrogen (secondary N) is 2. The third-order valence-electron chi connectivity index (χ3n) is 3.42. The van der Waals surface area contributed by atoms with Gasteiger partial charge >= 0.3 is 0 Å². The number of carbonyl (C=O) groups is 2. The molecule has 0 saturated heterocycles. The summed E-state index contributed by atoms with van der Waals surface area (Å²) in [6.07, 6.45) is 0. The van der Waals surface area contributed by atoms with E-state index in [1.165, 1.54) is 0 Å². The van der Waals surface area contributed by atoms with Gasteiger partial charge in [0.25, 0.3) is 11.8 Å². The van der Waals surface area contributed by atoms with Gasteiger partial charge in [-0.2, -0.15) is 0 Å². The Balaban J connectivity index is 1.85. The standard InChI is InChI=1S/C17H18N2O5/c1-10-4-2-3-5-12(10)17(24)19-7-6-18-16(23)11-8-13(20)15(22)14(21)9-11/h2-5,8-9,20-22H,6-7H2,1H3,(H,18,23)(H,19,24). The SMILES string of the molecule is Cc1ccccc1C(=O)NCCNC(=O)c1cc(O)c(O)c(O)c1. The van der Waals surface area contributed by atoms with Crippen molar-refractivity contribution in [3.8, 4) is 17.2 Å². The Bertz CT molecular complexity index is 750. The number of phenols is 3. The van der Waals surface area contributed by atoms with Gasteiger partial charge < -0.3 is 26.0 Å². The number of hydrogen-bond donors (Lipinski definition) is 5. The molecule has 0 aliphatic rings. The Hall–Kier alpha value is -3.22. The second kappa shape index (κ2) is 7.36. The molecule has 0 unspecified atom stereocenters. The Kier molecular flexibility index (Phi) is 5.26. The lowest BCUT2D eigenvalue weighted by molar-refractivity contribution is 0.0927. The maximum absolute atomic E-state index is 12.0. The Morgan fingerprint density at radius 1 is 0.917 bits per heavy atom. The molecule has 126 valence electrons. The minimum absolute atomic E-state index is 0.00645. The maximum Gasteiger partial charge on any atom is 0.251 e. The van der Waals surface area contributed by atoms with Crippen LogP contribution in [0, 0.1) is 6.92 Å². The molecule has 2 amide bonds. The first-order chi connectivity index (χ1) is 11.4. The van der Waals surface area contributed by atoms with Crippen LogP contribution >= 0.6 is 0 Å². The van der Waals surface area contributed by atoms with E-state index < -0.39 is 23.2 Å². The van der Waals surface area contributed by atoms with E-state index in [0.717, 1.165) is 17.7 Å². The van der Waals surface area contributed by atoms with Crippen molar-refractivity contribution in [1.82, 2.24) is 10.6 Å². The molecule has 0 aliphatic heterocycles. The summed E-state index contributed by atoms with van der Waals surface area (Å²) in [5.74, 6) is -2.65. The van der Waals surface area contributed by atoms with E-state index in [2.05, 4.69) is 10.6 Å². The summed E-state index contributed by atoms with van der Waals surface area (Å²) in [4.78, 5) is 23.9. The zero-order valence-electron chi connectivity index (χ0n) is 13.0. The highest BCUT2D eigenvalue weighted by Crippen LogP contribution is 2.35. The molecule has 0 aliphatic carbocycles. The molecule has 0 bridgehead atoms. The molecule has 7 nitrogen and oxygen atoms in total. The number of amides is 2. The van der Waals surface area contributed by atoms with E-state index in [-0.39, 0.29) is 24.6 Å². The number of phenolic OH excluding ortho intramolecular Hbond substituents is 3. The van der Waals surface area contributed by atoms with Crippen molar-refractivity contribution >= 4 is 11.8 Å². The molecule has 2 aromatic rings. The number of benzene rings is 2. The molecule has 7 heteroatoms. The van der Waals surface area contributed by atoms with E-state index in [1.54, 1.807) is 12.1 Å². The van der Waals surface area contributed by atoms with Crippen molar-refractivity contribution in [2.45, 2.75) is 6.92 Å². The predicted octanol–water partition coefficient (Wildman–Crippen LogP) is 1.27. The molecule has 0 radical (unpaired) electrons. The van der Waals surface area contributed by atoms with Gasteiger partial charge in [-0.1, -0.05) is 18.2 Å². The van der Waals surface area contributed by atoms with Crippen molar-refractivity contribution in [2.75, 3.05) is 13.1 Å². The summed E-state index contributed by atoms with van der Waals surface area (Å²) in [7, 11) is 0. The molecule has 0 saturated carbocycles. The molecule has 5 N–H and O–H groups in total. The molecular weight excluding hydrogens is 312 g/mol. The van der Waals surface area contributed by atoms with Crippen molar-refractivity contribution < 1.29 is 24.9 Å².